The number of amides is 1. The third kappa shape index (κ3) is 2.35. The van der Waals surface area contributed by atoms with E-state index in [0.29, 0.717) is 6.42 Å². The second-order valence-electron chi connectivity index (χ2n) is 5.62. The number of hydrogen-bond donors (Lipinski definition) is 2. The zero-order valence-corrected chi connectivity index (χ0v) is 12.0. The predicted molar refractivity (Wildman–Crippen MR) is 76.8 cm³/mol. The van der Waals surface area contributed by atoms with Gasteiger partial charge in [-0.3, -0.25) is 4.79 Å². The summed E-state index contributed by atoms with van der Waals surface area (Å²) in [6.45, 7) is 3.80. The molecule has 2 N–H and O–H groups in total. The first-order chi connectivity index (χ1) is 9.35. The van der Waals surface area contributed by atoms with Crippen LogP contribution in [-0.4, -0.2) is 41.0 Å². The Balaban J connectivity index is 2.29. The average Bonchev–Trinajstić information content (AvgIpc) is 2.44. The number of nitrogens with zero attached hydrogens (tertiary/aromatic N) is 1. The van der Waals surface area contributed by atoms with Gasteiger partial charge in [0.15, 0.2) is 0 Å². The van der Waals surface area contributed by atoms with Crippen molar-refractivity contribution in [1.29, 1.82) is 0 Å². The average molecular weight is 276 g/mol. The number of hydrogen-bond acceptors (Lipinski definition) is 3. The van der Waals surface area contributed by atoms with Crippen LogP contribution in [0.5, 0.6) is 0 Å². The highest BCUT2D eigenvalue weighted by Gasteiger charge is 2.39. The van der Waals surface area contributed by atoms with Crippen molar-refractivity contribution in [3.05, 3.63) is 29.8 Å². The van der Waals surface area contributed by atoms with Crippen molar-refractivity contribution >= 4 is 17.6 Å². The molecule has 0 fully saturated rings. The molecule has 2 rings (SSSR count). The molecule has 0 bridgehead atoms. The van der Waals surface area contributed by atoms with E-state index in [4.69, 9.17) is 0 Å². The normalized spacial score (nSPS) is 17.9. The van der Waals surface area contributed by atoms with Gasteiger partial charge in [0, 0.05) is 19.3 Å². The number of carbonyl (C=O) groups is 2. The van der Waals surface area contributed by atoms with E-state index in [1.54, 1.807) is 20.9 Å². The summed E-state index contributed by atoms with van der Waals surface area (Å²) in [6.07, 6.45) is 0.676. The van der Waals surface area contributed by atoms with E-state index < -0.39 is 11.5 Å². The van der Waals surface area contributed by atoms with E-state index in [2.05, 4.69) is 5.32 Å². The molecule has 1 aliphatic rings. The van der Waals surface area contributed by atoms with E-state index in [1.165, 1.54) is 4.90 Å². The van der Waals surface area contributed by atoms with Crippen molar-refractivity contribution in [3.63, 3.8) is 0 Å². The molecule has 0 spiro atoms. The molecule has 108 valence electrons. The minimum atomic E-state index is -1.21. The Bertz CT molecular complexity index is 540. The van der Waals surface area contributed by atoms with Gasteiger partial charge in [0.1, 0.15) is 5.54 Å². The lowest BCUT2D eigenvalue weighted by molar-refractivity contribution is -0.156. The predicted octanol–water partition coefficient (Wildman–Crippen LogP) is 1.91. The molecule has 5 nitrogen and oxygen atoms in total. The molecule has 0 aliphatic carbocycles. The monoisotopic (exact) mass is 276 g/mol. The van der Waals surface area contributed by atoms with Gasteiger partial charge in [-0.2, -0.15) is 0 Å². The quantitative estimate of drug-likeness (QED) is 0.884. The lowest BCUT2D eigenvalue weighted by Gasteiger charge is -2.36. The summed E-state index contributed by atoms with van der Waals surface area (Å²) in [5.41, 5.74) is 0.687. The molecule has 0 saturated heterocycles. The fraction of sp³-hybridized carbons (Fsp3) is 0.467. The van der Waals surface area contributed by atoms with Crippen LogP contribution in [0.15, 0.2) is 24.3 Å². The molecular formula is C15H20N2O3. The number of benzene rings is 1. The van der Waals surface area contributed by atoms with Crippen LogP contribution >= 0.6 is 0 Å². The number of likely N-dealkylation sites (N-methyl/N-ethyl adjacent to an activating group) is 1. The largest absolute Gasteiger partial charge is 0.480 e. The Kier molecular flexibility index (Phi) is 3.70. The van der Waals surface area contributed by atoms with E-state index >= 15 is 0 Å². The lowest BCUT2D eigenvalue weighted by Crippen LogP contribution is -2.52. The first kappa shape index (κ1) is 14.4. The molecule has 1 aliphatic heterocycles. The van der Waals surface area contributed by atoms with E-state index in [9.17, 15) is 14.7 Å². The number of fused-ring (bicyclic) bond motifs is 1. The molecule has 1 atom stereocenters. The zero-order chi connectivity index (χ0) is 14.9. The Morgan fingerprint density at radius 3 is 2.65 bits per heavy atom. The number of nitrogens with one attached hydrogen (secondary N) is 1. The number of anilines is 1. The van der Waals surface area contributed by atoms with Gasteiger partial charge in [-0.25, -0.2) is 4.79 Å². The Hall–Kier alpha value is -2.04. The van der Waals surface area contributed by atoms with Crippen LogP contribution in [0.25, 0.3) is 0 Å². The van der Waals surface area contributed by atoms with Gasteiger partial charge >= 0.3 is 5.97 Å². The summed E-state index contributed by atoms with van der Waals surface area (Å²) in [5.74, 6) is -1.43. The van der Waals surface area contributed by atoms with Crippen molar-refractivity contribution in [2.24, 2.45) is 0 Å². The van der Waals surface area contributed by atoms with Crippen LogP contribution in [0.3, 0.4) is 0 Å². The molecule has 1 aromatic rings. The first-order valence-corrected chi connectivity index (χ1v) is 6.69. The van der Waals surface area contributed by atoms with Crippen molar-refractivity contribution < 1.29 is 14.7 Å². The number of rotatable bonds is 3. The highest BCUT2D eigenvalue weighted by molar-refractivity contribution is 5.91. The van der Waals surface area contributed by atoms with Gasteiger partial charge in [-0.05, 0) is 31.9 Å². The first-order valence-electron chi connectivity index (χ1n) is 6.69. The Morgan fingerprint density at radius 2 is 2.00 bits per heavy atom. The second kappa shape index (κ2) is 5.15. The summed E-state index contributed by atoms with van der Waals surface area (Å²) < 4.78 is 0. The molecular weight excluding hydrogens is 256 g/mol. The minimum Gasteiger partial charge on any atom is -0.480 e. The number of carboxylic acids is 1. The van der Waals surface area contributed by atoms with E-state index in [0.717, 1.165) is 17.8 Å². The van der Waals surface area contributed by atoms with Gasteiger partial charge < -0.3 is 15.3 Å². The summed E-state index contributed by atoms with van der Waals surface area (Å²) in [6, 6.07) is 7.68. The van der Waals surface area contributed by atoms with Crippen molar-refractivity contribution in [1.82, 2.24) is 4.90 Å². The second-order valence-corrected chi connectivity index (χ2v) is 5.62. The third-order valence-corrected chi connectivity index (χ3v) is 4.08. The molecule has 5 heteroatoms. The molecule has 1 amide bonds. The Morgan fingerprint density at radius 1 is 1.35 bits per heavy atom. The summed E-state index contributed by atoms with van der Waals surface area (Å²) in [7, 11) is 1.56. The Labute approximate surface area is 118 Å². The molecule has 0 aromatic heterocycles. The fourth-order valence-corrected chi connectivity index (χ4v) is 2.38. The summed E-state index contributed by atoms with van der Waals surface area (Å²) in [5, 5.41) is 12.5. The van der Waals surface area contributed by atoms with Crippen LogP contribution in [0.4, 0.5) is 5.69 Å². The fourth-order valence-electron chi connectivity index (χ4n) is 2.38. The van der Waals surface area contributed by atoms with Crippen molar-refractivity contribution in [2.45, 2.75) is 31.7 Å². The van der Waals surface area contributed by atoms with Gasteiger partial charge in [0.05, 0.1) is 5.92 Å². The van der Waals surface area contributed by atoms with Crippen LogP contribution in [-0.2, 0) is 9.59 Å². The summed E-state index contributed by atoms with van der Waals surface area (Å²) >= 11 is 0. The molecule has 20 heavy (non-hydrogen) atoms. The van der Waals surface area contributed by atoms with Crippen LogP contribution in [0.1, 0.15) is 31.7 Å². The van der Waals surface area contributed by atoms with Crippen LogP contribution < -0.4 is 5.32 Å². The van der Waals surface area contributed by atoms with E-state index in [1.807, 2.05) is 24.3 Å². The topological polar surface area (TPSA) is 69.6 Å². The third-order valence-electron chi connectivity index (χ3n) is 4.08. The number of aliphatic carboxylic acids is 1. The standard InChI is InChI=1S/C15H20N2O3/c1-15(2,14(19)20)17(3)13(18)11-8-9-16-12-7-5-4-6-10(11)12/h4-7,11,16H,8-9H2,1-3H3,(H,19,20). The maximum atomic E-state index is 12.6. The summed E-state index contributed by atoms with van der Waals surface area (Å²) in [4.78, 5) is 25.3. The van der Waals surface area contributed by atoms with Gasteiger partial charge in [0.2, 0.25) is 5.91 Å². The maximum Gasteiger partial charge on any atom is 0.329 e. The van der Waals surface area contributed by atoms with Gasteiger partial charge in [0.25, 0.3) is 0 Å². The van der Waals surface area contributed by atoms with Crippen molar-refractivity contribution in [2.75, 3.05) is 18.9 Å². The number of carboxylic acid groups (broad SMARTS) is 1. The maximum absolute atomic E-state index is 12.6. The zero-order valence-electron chi connectivity index (χ0n) is 12.0. The SMILES string of the molecule is CN(C(=O)C1CCNc2ccccc21)C(C)(C)C(=O)O. The molecule has 1 unspecified atom stereocenters. The molecule has 1 aromatic carbocycles. The number of para-hydroxylation sites is 1. The van der Waals surface area contributed by atoms with Gasteiger partial charge in [-0.15, -0.1) is 0 Å². The van der Waals surface area contributed by atoms with Crippen molar-refractivity contribution in [3.8, 4) is 0 Å². The minimum absolute atomic E-state index is 0.147. The highest BCUT2D eigenvalue weighted by Crippen LogP contribution is 2.33. The van der Waals surface area contributed by atoms with Gasteiger partial charge in [-0.1, -0.05) is 18.2 Å². The van der Waals surface area contributed by atoms with E-state index in [-0.39, 0.29) is 11.8 Å². The highest BCUT2D eigenvalue weighted by atomic mass is 16.4. The van der Waals surface area contributed by atoms with Crippen LogP contribution in [0.2, 0.25) is 0 Å². The van der Waals surface area contributed by atoms with Crippen LogP contribution in [0, 0.1) is 0 Å². The molecule has 0 saturated carbocycles. The molecule has 1 heterocycles. The smallest absolute Gasteiger partial charge is 0.329 e. The lowest BCUT2D eigenvalue weighted by atomic mass is 9.88. The number of carbonyl (C=O) groups excluding carboxylic acids is 1. The molecule has 0 radical (unpaired) electrons.